The first kappa shape index (κ1) is 13.7. The van der Waals surface area contributed by atoms with Crippen molar-refractivity contribution < 1.29 is 0 Å². The van der Waals surface area contributed by atoms with Crippen molar-refractivity contribution >= 4 is 16.9 Å². The second kappa shape index (κ2) is 4.34. The van der Waals surface area contributed by atoms with Crippen LogP contribution in [0.5, 0.6) is 0 Å². The van der Waals surface area contributed by atoms with Gasteiger partial charge >= 0.3 is 5.69 Å². The second-order valence-corrected chi connectivity index (χ2v) is 5.54. The van der Waals surface area contributed by atoms with E-state index in [-0.39, 0.29) is 6.04 Å². The van der Waals surface area contributed by atoms with E-state index in [1.807, 2.05) is 18.2 Å². The summed E-state index contributed by atoms with van der Waals surface area (Å²) in [7, 11) is 1.61. The molecule has 3 aromatic rings. The Bertz CT molecular complexity index is 969. The first-order valence-electron chi connectivity index (χ1n) is 7.07. The lowest BCUT2D eigenvalue weighted by molar-refractivity contribution is 0.532. The Balaban J connectivity index is 2.61. The van der Waals surface area contributed by atoms with E-state index in [1.54, 1.807) is 7.05 Å². The van der Waals surface area contributed by atoms with Crippen molar-refractivity contribution in [3.63, 3.8) is 0 Å². The van der Waals surface area contributed by atoms with Crippen LogP contribution in [-0.2, 0) is 7.05 Å². The molecular weight excluding hydrogens is 270 g/mol. The van der Waals surface area contributed by atoms with Gasteiger partial charge in [0.25, 0.3) is 5.56 Å². The Morgan fingerprint density at radius 3 is 2.52 bits per heavy atom. The maximum atomic E-state index is 12.2. The molecule has 3 heterocycles. The molecule has 0 amide bonds. The molecule has 7 nitrogen and oxygen atoms in total. The summed E-state index contributed by atoms with van der Waals surface area (Å²) in [5, 5.41) is 0. The van der Waals surface area contributed by atoms with E-state index in [0.29, 0.717) is 16.9 Å². The summed E-state index contributed by atoms with van der Waals surface area (Å²) < 4.78 is 5.34. The Kier molecular flexibility index (Phi) is 2.82. The number of nitrogens with zero attached hydrogens (tertiary/aromatic N) is 4. The van der Waals surface area contributed by atoms with Crippen LogP contribution in [0.4, 0.5) is 0 Å². The lowest BCUT2D eigenvalue weighted by Crippen LogP contribution is -2.28. The standard InChI is InChI=1S/C14H19N5O2/c1-6-7(2)18-8(3)9(4)19-10-11(15-13(18)19)17(5)14(21)16-12(10)20/h7H,6H2,1-5H3,(H,16,20,21). The number of aromatic amines is 1. The summed E-state index contributed by atoms with van der Waals surface area (Å²) in [6, 6.07) is 0.272. The quantitative estimate of drug-likeness (QED) is 0.771. The topological polar surface area (TPSA) is 77.1 Å². The third-order valence-corrected chi connectivity index (χ3v) is 4.37. The van der Waals surface area contributed by atoms with Crippen LogP contribution in [0.15, 0.2) is 9.59 Å². The minimum Gasteiger partial charge on any atom is -0.311 e. The van der Waals surface area contributed by atoms with Gasteiger partial charge in [-0.3, -0.25) is 18.7 Å². The third kappa shape index (κ3) is 1.63. The minimum atomic E-state index is -0.447. The molecule has 21 heavy (non-hydrogen) atoms. The number of imidazole rings is 2. The van der Waals surface area contributed by atoms with E-state index in [4.69, 9.17) is 0 Å². The van der Waals surface area contributed by atoms with Crippen molar-refractivity contribution in [2.24, 2.45) is 7.05 Å². The van der Waals surface area contributed by atoms with Crippen LogP contribution in [0.3, 0.4) is 0 Å². The van der Waals surface area contributed by atoms with E-state index >= 15 is 0 Å². The monoisotopic (exact) mass is 289 g/mol. The van der Waals surface area contributed by atoms with Crippen molar-refractivity contribution in [1.82, 2.24) is 23.5 Å². The second-order valence-electron chi connectivity index (χ2n) is 5.54. The number of H-pyrrole nitrogens is 1. The van der Waals surface area contributed by atoms with Gasteiger partial charge in [0, 0.05) is 24.5 Å². The van der Waals surface area contributed by atoms with Crippen molar-refractivity contribution in [3.05, 3.63) is 32.2 Å². The highest BCUT2D eigenvalue weighted by molar-refractivity contribution is 5.76. The molecule has 0 aliphatic carbocycles. The molecule has 0 saturated carbocycles. The molecule has 112 valence electrons. The molecule has 7 heteroatoms. The molecule has 0 fully saturated rings. The zero-order chi connectivity index (χ0) is 15.5. The number of rotatable bonds is 2. The number of aromatic nitrogens is 5. The summed E-state index contributed by atoms with van der Waals surface area (Å²) in [4.78, 5) is 30.8. The fraction of sp³-hybridized carbons (Fsp3) is 0.500. The van der Waals surface area contributed by atoms with Gasteiger partial charge in [-0.2, -0.15) is 4.98 Å². The average molecular weight is 289 g/mol. The number of aryl methyl sites for hydroxylation is 2. The minimum absolute atomic E-state index is 0.272. The van der Waals surface area contributed by atoms with Gasteiger partial charge in [-0.15, -0.1) is 0 Å². The van der Waals surface area contributed by atoms with E-state index in [1.165, 1.54) is 4.57 Å². The van der Waals surface area contributed by atoms with Crippen LogP contribution in [0.2, 0.25) is 0 Å². The van der Waals surface area contributed by atoms with E-state index in [0.717, 1.165) is 17.8 Å². The molecule has 0 aliphatic rings. The summed E-state index contributed by atoms with van der Waals surface area (Å²) in [6.45, 7) is 8.22. The summed E-state index contributed by atoms with van der Waals surface area (Å²) in [5.74, 6) is 0.709. The maximum absolute atomic E-state index is 12.2. The van der Waals surface area contributed by atoms with Gasteiger partial charge in [0.15, 0.2) is 11.2 Å². The van der Waals surface area contributed by atoms with E-state index in [2.05, 4.69) is 28.4 Å². The summed E-state index contributed by atoms with van der Waals surface area (Å²) in [5.41, 5.74) is 2.05. The first-order valence-corrected chi connectivity index (χ1v) is 7.07. The zero-order valence-electron chi connectivity index (χ0n) is 12.9. The van der Waals surface area contributed by atoms with Crippen molar-refractivity contribution in [1.29, 1.82) is 0 Å². The molecule has 0 aromatic carbocycles. The molecule has 3 aromatic heterocycles. The number of nitrogens with one attached hydrogen (secondary N) is 1. The van der Waals surface area contributed by atoms with Gasteiger partial charge in [0.2, 0.25) is 5.78 Å². The lowest BCUT2D eigenvalue weighted by Gasteiger charge is -2.13. The van der Waals surface area contributed by atoms with Crippen LogP contribution in [-0.4, -0.2) is 23.5 Å². The van der Waals surface area contributed by atoms with Crippen LogP contribution >= 0.6 is 0 Å². The van der Waals surface area contributed by atoms with Gasteiger partial charge in [-0.1, -0.05) is 6.92 Å². The van der Waals surface area contributed by atoms with Gasteiger partial charge in [-0.05, 0) is 27.2 Å². The molecule has 1 unspecified atom stereocenters. The molecule has 0 bridgehead atoms. The smallest absolute Gasteiger partial charge is 0.311 e. The first-order chi connectivity index (χ1) is 9.88. The van der Waals surface area contributed by atoms with Crippen LogP contribution < -0.4 is 11.2 Å². The molecule has 0 radical (unpaired) electrons. The molecular formula is C14H19N5O2. The van der Waals surface area contributed by atoms with Gasteiger partial charge in [0.05, 0.1) is 0 Å². The number of hydrogen-bond acceptors (Lipinski definition) is 3. The van der Waals surface area contributed by atoms with Crippen molar-refractivity contribution in [3.8, 4) is 0 Å². The van der Waals surface area contributed by atoms with E-state index < -0.39 is 11.2 Å². The molecule has 3 rings (SSSR count). The van der Waals surface area contributed by atoms with Gasteiger partial charge in [0.1, 0.15) is 0 Å². The highest BCUT2D eigenvalue weighted by Gasteiger charge is 2.22. The molecule has 1 atom stereocenters. The molecule has 0 saturated heterocycles. The van der Waals surface area contributed by atoms with Crippen molar-refractivity contribution in [2.45, 2.75) is 40.2 Å². The predicted octanol–water partition coefficient (Wildman–Crippen LogP) is 1.26. The largest absolute Gasteiger partial charge is 0.329 e. The molecule has 0 aliphatic heterocycles. The Morgan fingerprint density at radius 2 is 1.90 bits per heavy atom. The highest BCUT2D eigenvalue weighted by Crippen LogP contribution is 2.25. The Hall–Kier alpha value is -2.31. The zero-order valence-corrected chi connectivity index (χ0v) is 12.9. The van der Waals surface area contributed by atoms with Crippen LogP contribution in [0.1, 0.15) is 37.7 Å². The predicted molar refractivity (Wildman–Crippen MR) is 81.0 cm³/mol. The maximum Gasteiger partial charge on any atom is 0.329 e. The normalized spacial score (nSPS) is 13.4. The summed E-state index contributed by atoms with van der Waals surface area (Å²) >= 11 is 0. The summed E-state index contributed by atoms with van der Waals surface area (Å²) in [6.07, 6.45) is 0.961. The fourth-order valence-electron chi connectivity index (χ4n) is 2.85. The number of hydrogen-bond donors (Lipinski definition) is 1. The SMILES string of the molecule is CCC(C)n1c(C)c(C)n2c3c(=O)[nH]c(=O)n(C)c3nc12. The lowest BCUT2D eigenvalue weighted by atomic mass is 10.2. The average Bonchev–Trinajstić information content (AvgIpc) is 2.93. The van der Waals surface area contributed by atoms with Crippen molar-refractivity contribution in [2.75, 3.05) is 0 Å². The molecule has 0 spiro atoms. The Morgan fingerprint density at radius 1 is 1.24 bits per heavy atom. The van der Waals surface area contributed by atoms with E-state index in [9.17, 15) is 9.59 Å². The third-order valence-electron chi connectivity index (χ3n) is 4.37. The van der Waals surface area contributed by atoms with Gasteiger partial charge < -0.3 is 4.57 Å². The van der Waals surface area contributed by atoms with Crippen LogP contribution in [0.25, 0.3) is 16.9 Å². The highest BCUT2D eigenvalue weighted by atomic mass is 16.2. The molecule has 1 N–H and O–H groups in total. The van der Waals surface area contributed by atoms with Gasteiger partial charge in [-0.25, -0.2) is 4.79 Å². The van der Waals surface area contributed by atoms with Crippen LogP contribution in [0, 0.1) is 13.8 Å². The number of fused-ring (bicyclic) bond motifs is 3. The fourth-order valence-corrected chi connectivity index (χ4v) is 2.85. The Labute approximate surface area is 120 Å².